The van der Waals surface area contributed by atoms with Gasteiger partial charge in [-0.3, -0.25) is 24.3 Å². The molecular formula is C28H29F2N7O4. The summed E-state index contributed by atoms with van der Waals surface area (Å²) in [6.45, 7) is -1.19. The normalized spacial score (nSPS) is 18.9. The van der Waals surface area contributed by atoms with Crippen molar-refractivity contribution < 1.29 is 23.4 Å². The van der Waals surface area contributed by atoms with Crippen molar-refractivity contribution >= 4 is 22.8 Å². The third-order valence-corrected chi connectivity index (χ3v) is 7.70. The molecule has 2 saturated heterocycles. The first-order chi connectivity index (χ1) is 19.8. The fourth-order valence-corrected chi connectivity index (χ4v) is 5.59. The highest BCUT2D eigenvalue weighted by atomic mass is 19.3. The van der Waals surface area contributed by atoms with Crippen LogP contribution in [0.2, 0.25) is 0 Å². The molecule has 2 aliphatic heterocycles. The van der Waals surface area contributed by atoms with Crippen LogP contribution in [-0.4, -0.2) is 80.3 Å². The van der Waals surface area contributed by atoms with Crippen LogP contribution in [0.3, 0.4) is 0 Å². The number of hydrogen-bond acceptors (Lipinski definition) is 8. The van der Waals surface area contributed by atoms with Gasteiger partial charge in [0, 0.05) is 50.3 Å². The zero-order chi connectivity index (χ0) is 28.7. The van der Waals surface area contributed by atoms with Crippen LogP contribution < -0.4 is 20.5 Å². The van der Waals surface area contributed by atoms with Gasteiger partial charge in [-0.1, -0.05) is 24.3 Å². The van der Waals surface area contributed by atoms with Crippen molar-refractivity contribution in [2.75, 3.05) is 31.1 Å². The number of rotatable bonds is 8. The molecule has 0 radical (unpaired) electrons. The van der Waals surface area contributed by atoms with E-state index in [1.54, 1.807) is 53.3 Å². The summed E-state index contributed by atoms with van der Waals surface area (Å²) in [5.74, 6) is 0.611. The number of amides is 1. The first-order valence-corrected chi connectivity index (χ1v) is 13.3. The standard InChI is InChI=1S/C28H29F2N7O4/c1-34-25(39)20-7-6-17(12-22(20)37(34)15-18-4-2-3-5-23(18)41-27(29)30)19-13-31-28(32-14-19)35-9-10-36-24(16-35)33-21(8-11-38)26(36)40/h2-7,12-14,21,24,27,33,38H,8-11,15-16H2,1H3/t21?,24-/m1/s1. The number of carbonyl (C=O) groups excluding carboxylic acids is 1. The number of para-hydroxylation sites is 1. The Balaban J connectivity index is 1.25. The van der Waals surface area contributed by atoms with Gasteiger partial charge < -0.3 is 19.6 Å². The van der Waals surface area contributed by atoms with Gasteiger partial charge in [-0.2, -0.15) is 8.78 Å². The molecule has 2 aromatic heterocycles. The van der Waals surface area contributed by atoms with E-state index < -0.39 is 6.61 Å². The molecule has 0 saturated carbocycles. The van der Waals surface area contributed by atoms with Gasteiger partial charge in [-0.05, 0) is 30.2 Å². The number of piperazine rings is 1. The van der Waals surface area contributed by atoms with Gasteiger partial charge in [0.2, 0.25) is 11.9 Å². The smallest absolute Gasteiger partial charge is 0.387 e. The maximum absolute atomic E-state index is 13.0. The maximum atomic E-state index is 13.0. The molecule has 2 atom stereocenters. The van der Waals surface area contributed by atoms with E-state index in [0.29, 0.717) is 48.5 Å². The van der Waals surface area contributed by atoms with Crippen molar-refractivity contribution in [3.8, 4) is 16.9 Å². The molecule has 2 fully saturated rings. The van der Waals surface area contributed by atoms with Gasteiger partial charge in [0.15, 0.2) is 0 Å². The predicted octanol–water partition coefficient (Wildman–Crippen LogP) is 1.78. The summed E-state index contributed by atoms with van der Waals surface area (Å²) in [6.07, 6.45) is 3.65. The van der Waals surface area contributed by atoms with Gasteiger partial charge in [-0.25, -0.2) is 9.97 Å². The summed E-state index contributed by atoms with van der Waals surface area (Å²) in [5.41, 5.74) is 2.48. The Morgan fingerprint density at radius 3 is 2.63 bits per heavy atom. The molecule has 4 heterocycles. The molecule has 0 aliphatic carbocycles. The van der Waals surface area contributed by atoms with Crippen molar-refractivity contribution in [3.63, 3.8) is 0 Å². The van der Waals surface area contributed by atoms with E-state index in [0.717, 1.165) is 11.1 Å². The first-order valence-electron chi connectivity index (χ1n) is 13.3. The molecule has 214 valence electrons. The van der Waals surface area contributed by atoms with Gasteiger partial charge in [-0.15, -0.1) is 0 Å². The number of aliphatic hydroxyl groups is 1. The average molecular weight is 566 g/mol. The average Bonchev–Trinajstić information content (AvgIpc) is 3.41. The molecule has 6 rings (SSSR count). The van der Waals surface area contributed by atoms with E-state index in [-0.39, 0.29) is 42.6 Å². The molecule has 2 N–H and O–H groups in total. The lowest BCUT2D eigenvalue weighted by Gasteiger charge is -2.37. The molecule has 1 unspecified atom stereocenters. The summed E-state index contributed by atoms with van der Waals surface area (Å²) in [4.78, 5) is 38.4. The number of ether oxygens (including phenoxy) is 1. The Labute approximate surface area is 233 Å². The Kier molecular flexibility index (Phi) is 7.14. The van der Waals surface area contributed by atoms with Crippen molar-refractivity contribution in [1.29, 1.82) is 0 Å². The second-order valence-electron chi connectivity index (χ2n) is 10.1. The lowest BCUT2D eigenvalue weighted by atomic mass is 10.1. The van der Waals surface area contributed by atoms with Crippen LogP contribution >= 0.6 is 0 Å². The second-order valence-corrected chi connectivity index (χ2v) is 10.1. The number of anilines is 1. The number of benzene rings is 2. The third kappa shape index (κ3) is 5.02. The highest BCUT2D eigenvalue weighted by Crippen LogP contribution is 2.27. The summed E-state index contributed by atoms with van der Waals surface area (Å²) in [5, 5.41) is 13.0. The molecule has 2 aliphatic rings. The van der Waals surface area contributed by atoms with Crippen molar-refractivity contribution in [2.24, 2.45) is 7.05 Å². The number of nitrogens with zero attached hydrogens (tertiary/aromatic N) is 6. The predicted molar refractivity (Wildman–Crippen MR) is 147 cm³/mol. The van der Waals surface area contributed by atoms with Crippen LogP contribution in [0.25, 0.3) is 22.0 Å². The molecule has 1 amide bonds. The van der Waals surface area contributed by atoms with Crippen molar-refractivity contribution in [2.45, 2.75) is 31.8 Å². The second kappa shape index (κ2) is 10.9. The van der Waals surface area contributed by atoms with Crippen molar-refractivity contribution in [3.05, 3.63) is 70.8 Å². The highest BCUT2D eigenvalue weighted by molar-refractivity contribution is 5.85. The summed E-state index contributed by atoms with van der Waals surface area (Å²) >= 11 is 0. The number of aromatic nitrogens is 4. The highest BCUT2D eigenvalue weighted by Gasteiger charge is 2.41. The molecule has 13 heteroatoms. The van der Waals surface area contributed by atoms with Gasteiger partial charge >= 0.3 is 6.61 Å². The summed E-state index contributed by atoms with van der Waals surface area (Å²) in [6, 6.07) is 11.6. The quantitative estimate of drug-likeness (QED) is 0.332. The molecule has 2 aromatic carbocycles. The number of nitrogens with one attached hydrogen (secondary N) is 1. The Morgan fingerprint density at radius 1 is 1.10 bits per heavy atom. The zero-order valence-corrected chi connectivity index (χ0v) is 22.3. The van der Waals surface area contributed by atoms with E-state index in [1.807, 2.05) is 17.0 Å². The van der Waals surface area contributed by atoms with Crippen LogP contribution in [-0.2, 0) is 18.4 Å². The van der Waals surface area contributed by atoms with Crippen LogP contribution in [0.15, 0.2) is 59.7 Å². The topological polar surface area (TPSA) is 118 Å². The van der Waals surface area contributed by atoms with Gasteiger partial charge in [0.1, 0.15) is 11.9 Å². The Morgan fingerprint density at radius 2 is 1.88 bits per heavy atom. The minimum Gasteiger partial charge on any atom is -0.434 e. The maximum Gasteiger partial charge on any atom is 0.387 e. The number of alkyl halides is 2. The largest absolute Gasteiger partial charge is 0.434 e. The first kappa shape index (κ1) is 26.8. The number of fused-ring (bicyclic) bond motifs is 2. The van der Waals surface area contributed by atoms with Crippen molar-refractivity contribution in [1.82, 2.24) is 29.5 Å². The molecule has 4 aromatic rings. The van der Waals surface area contributed by atoms with E-state index in [1.165, 1.54) is 10.7 Å². The number of halogens is 2. The Bertz CT molecular complexity index is 1640. The molecule has 0 spiro atoms. The fourth-order valence-electron chi connectivity index (χ4n) is 5.59. The van der Waals surface area contributed by atoms with Crippen LogP contribution in [0.5, 0.6) is 5.75 Å². The molecule has 0 bridgehead atoms. The van der Waals surface area contributed by atoms with E-state index in [4.69, 9.17) is 0 Å². The van der Waals surface area contributed by atoms with E-state index in [2.05, 4.69) is 20.0 Å². The molecule has 11 nitrogen and oxygen atoms in total. The fraction of sp³-hybridized carbons (Fsp3) is 0.357. The lowest BCUT2D eigenvalue weighted by Crippen LogP contribution is -2.55. The number of hydrogen-bond donors (Lipinski definition) is 2. The minimum atomic E-state index is -2.96. The van der Waals surface area contributed by atoms with Crippen LogP contribution in [0.4, 0.5) is 14.7 Å². The monoisotopic (exact) mass is 565 g/mol. The Hall–Kier alpha value is -4.36. The van der Waals surface area contributed by atoms with E-state index >= 15 is 0 Å². The number of aliphatic hydroxyl groups excluding tert-OH is 1. The van der Waals surface area contributed by atoms with E-state index in [9.17, 15) is 23.5 Å². The molecular weight excluding hydrogens is 536 g/mol. The minimum absolute atomic E-state index is 0.0137. The number of carbonyl (C=O) groups is 1. The third-order valence-electron chi connectivity index (χ3n) is 7.70. The van der Waals surface area contributed by atoms with Crippen LogP contribution in [0, 0.1) is 0 Å². The summed E-state index contributed by atoms with van der Waals surface area (Å²) < 4.78 is 33.8. The van der Waals surface area contributed by atoms with Crippen LogP contribution in [0.1, 0.15) is 12.0 Å². The van der Waals surface area contributed by atoms with Gasteiger partial charge in [0.05, 0.1) is 30.0 Å². The summed E-state index contributed by atoms with van der Waals surface area (Å²) in [7, 11) is 1.63. The SMILES string of the molecule is Cn1c(=O)c2ccc(-c3cnc(N4CCN5C(=O)C(CCO)N[C@H]5C4)nc3)cc2n1Cc1ccccc1OC(F)F. The van der Waals surface area contributed by atoms with Gasteiger partial charge in [0.25, 0.3) is 5.56 Å². The molecule has 41 heavy (non-hydrogen) atoms. The zero-order valence-electron chi connectivity index (χ0n) is 22.3. The lowest BCUT2D eigenvalue weighted by molar-refractivity contribution is -0.130.